The van der Waals surface area contributed by atoms with Crippen molar-refractivity contribution in [2.75, 3.05) is 19.6 Å². The van der Waals surface area contributed by atoms with Crippen LogP contribution in [-0.2, 0) is 0 Å². The van der Waals surface area contributed by atoms with Crippen LogP contribution in [0, 0.1) is 17.8 Å². The maximum atomic E-state index is 2.74. The van der Waals surface area contributed by atoms with E-state index in [0.29, 0.717) is 0 Å². The smallest absolute Gasteiger partial charge is 0.00128 e. The molecule has 1 unspecified atom stereocenters. The molecule has 1 atom stereocenters. The van der Waals surface area contributed by atoms with Crippen molar-refractivity contribution in [1.29, 1.82) is 0 Å². The molecule has 0 aromatic rings. The first-order chi connectivity index (χ1) is 10.8. The lowest BCUT2D eigenvalue weighted by atomic mass is 9.74. The van der Waals surface area contributed by atoms with Gasteiger partial charge in [-0.1, -0.05) is 44.4 Å². The Hall–Kier alpha value is -0.560. The first kappa shape index (κ1) is 16.3. The molecule has 0 N–H and O–H groups in total. The van der Waals surface area contributed by atoms with Crippen LogP contribution in [0.1, 0.15) is 71.1 Å². The normalized spacial score (nSPS) is 26.9. The van der Waals surface area contributed by atoms with E-state index in [9.17, 15) is 0 Å². The third kappa shape index (κ3) is 4.47. The molecule has 0 radical (unpaired) electrons. The summed E-state index contributed by atoms with van der Waals surface area (Å²) in [5.41, 5.74) is 1.68. The van der Waals surface area contributed by atoms with Crippen molar-refractivity contribution in [3.05, 3.63) is 23.8 Å². The zero-order valence-electron chi connectivity index (χ0n) is 14.6. The summed E-state index contributed by atoms with van der Waals surface area (Å²) in [5, 5.41) is 0. The third-order valence-electron chi connectivity index (χ3n) is 6.30. The second-order valence-electron chi connectivity index (χ2n) is 8.00. The van der Waals surface area contributed by atoms with E-state index in [1.54, 1.807) is 5.57 Å². The highest BCUT2D eigenvalue weighted by Gasteiger charge is 2.27. The number of nitrogens with zero attached hydrogens (tertiary/aromatic N) is 1. The molecule has 1 saturated heterocycles. The number of allylic oxidation sites excluding steroid dienone is 4. The van der Waals surface area contributed by atoms with E-state index in [1.807, 2.05) is 0 Å². The van der Waals surface area contributed by atoms with E-state index < -0.39 is 0 Å². The highest BCUT2D eigenvalue weighted by atomic mass is 15.1. The van der Waals surface area contributed by atoms with Gasteiger partial charge in [-0.3, -0.25) is 0 Å². The van der Waals surface area contributed by atoms with Crippen molar-refractivity contribution in [3.8, 4) is 0 Å². The van der Waals surface area contributed by atoms with Gasteiger partial charge >= 0.3 is 0 Å². The largest absolute Gasteiger partial charge is 0.303 e. The molecular weight excluding hydrogens is 266 g/mol. The van der Waals surface area contributed by atoms with Gasteiger partial charge in [0.05, 0.1) is 0 Å². The predicted molar refractivity (Wildman–Crippen MR) is 96.0 cm³/mol. The summed E-state index contributed by atoms with van der Waals surface area (Å²) < 4.78 is 0. The monoisotopic (exact) mass is 301 g/mol. The molecule has 2 aliphatic carbocycles. The van der Waals surface area contributed by atoms with Crippen molar-refractivity contribution < 1.29 is 0 Å². The number of piperidine rings is 1. The summed E-state index contributed by atoms with van der Waals surface area (Å²) in [7, 11) is 0. The molecule has 0 bridgehead atoms. The van der Waals surface area contributed by atoms with Crippen LogP contribution in [0.15, 0.2) is 23.8 Å². The molecule has 0 aromatic carbocycles. The van der Waals surface area contributed by atoms with Crippen LogP contribution in [0.4, 0.5) is 0 Å². The van der Waals surface area contributed by atoms with Gasteiger partial charge in [0.2, 0.25) is 0 Å². The van der Waals surface area contributed by atoms with Crippen LogP contribution in [0.25, 0.3) is 0 Å². The minimum absolute atomic E-state index is 0.844. The number of likely N-dealkylation sites (tertiary alicyclic amines) is 1. The molecule has 1 heteroatoms. The van der Waals surface area contributed by atoms with Gasteiger partial charge in [-0.2, -0.15) is 0 Å². The van der Waals surface area contributed by atoms with E-state index in [-0.39, 0.29) is 0 Å². The second-order valence-corrected chi connectivity index (χ2v) is 8.00. The topological polar surface area (TPSA) is 3.24 Å². The highest BCUT2D eigenvalue weighted by Crippen LogP contribution is 2.37. The summed E-state index contributed by atoms with van der Waals surface area (Å²) in [4.78, 5) is 2.74. The summed E-state index contributed by atoms with van der Waals surface area (Å²) in [6.45, 7) is 6.43. The summed E-state index contributed by atoms with van der Waals surface area (Å²) in [6.07, 6.45) is 21.6. The lowest BCUT2D eigenvalue weighted by molar-refractivity contribution is 0.169. The van der Waals surface area contributed by atoms with Crippen LogP contribution in [0.2, 0.25) is 0 Å². The Labute approximate surface area is 137 Å². The Kier molecular flexibility index (Phi) is 6.18. The average Bonchev–Trinajstić information content (AvgIpc) is 2.59. The molecule has 3 aliphatic rings. The first-order valence-corrected chi connectivity index (χ1v) is 9.92. The maximum absolute atomic E-state index is 2.74. The molecule has 0 spiro atoms. The zero-order valence-corrected chi connectivity index (χ0v) is 14.6. The lowest BCUT2D eigenvalue weighted by Crippen LogP contribution is -2.35. The van der Waals surface area contributed by atoms with Crippen molar-refractivity contribution in [1.82, 2.24) is 4.90 Å². The van der Waals surface area contributed by atoms with Gasteiger partial charge in [-0.05, 0) is 87.9 Å². The molecule has 1 nitrogen and oxygen atoms in total. The summed E-state index contributed by atoms with van der Waals surface area (Å²) in [5.74, 6) is 2.76. The summed E-state index contributed by atoms with van der Waals surface area (Å²) >= 11 is 0. The molecule has 0 aromatic heterocycles. The van der Waals surface area contributed by atoms with E-state index in [2.05, 4.69) is 30.1 Å². The lowest BCUT2D eigenvalue weighted by Gasteiger charge is -2.35. The molecule has 22 heavy (non-hydrogen) atoms. The molecule has 1 aliphatic heterocycles. The molecule has 0 amide bonds. The van der Waals surface area contributed by atoms with Gasteiger partial charge in [0.15, 0.2) is 0 Å². The van der Waals surface area contributed by atoms with Crippen LogP contribution < -0.4 is 0 Å². The molecule has 124 valence electrons. The molecule has 3 rings (SSSR count). The number of hydrogen-bond donors (Lipinski definition) is 0. The quantitative estimate of drug-likeness (QED) is 0.640. The van der Waals surface area contributed by atoms with Crippen LogP contribution in [-0.4, -0.2) is 24.5 Å². The van der Waals surface area contributed by atoms with Gasteiger partial charge in [-0.25, -0.2) is 0 Å². The fraction of sp³-hybridized carbons (Fsp3) is 0.810. The van der Waals surface area contributed by atoms with Gasteiger partial charge in [0.1, 0.15) is 0 Å². The van der Waals surface area contributed by atoms with E-state index in [0.717, 1.165) is 17.8 Å². The Morgan fingerprint density at radius 1 is 1.05 bits per heavy atom. The minimum atomic E-state index is 0.844. The molecule has 2 fully saturated rings. The van der Waals surface area contributed by atoms with Crippen molar-refractivity contribution >= 4 is 0 Å². The van der Waals surface area contributed by atoms with Crippen LogP contribution >= 0.6 is 0 Å². The Balaban J connectivity index is 1.58. The van der Waals surface area contributed by atoms with Gasteiger partial charge < -0.3 is 4.90 Å². The second kappa shape index (κ2) is 8.34. The van der Waals surface area contributed by atoms with Gasteiger partial charge in [0, 0.05) is 0 Å². The predicted octanol–water partition coefficient (Wildman–Crippen LogP) is 5.58. The number of hydrogen-bond acceptors (Lipinski definition) is 1. The van der Waals surface area contributed by atoms with Crippen molar-refractivity contribution in [3.63, 3.8) is 0 Å². The van der Waals surface area contributed by atoms with E-state index in [1.165, 1.54) is 83.8 Å². The van der Waals surface area contributed by atoms with Gasteiger partial charge in [-0.15, -0.1) is 0 Å². The Bertz CT molecular complexity index is 381. The average molecular weight is 302 g/mol. The fourth-order valence-corrected chi connectivity index (χ4v) is 4.73. The highest BCUT2D eigenvalue weighted by molar-refractivity contribution is 5.25. The third-order valence-corrected chi connectivity index (χ3v) is 6.30. The fourth-order valence-electron chi connectivity index (χ4n) is 4.73. The minimum Gasteiger partial charge on any atom is -0.303 e. The SMILES string of the molecule is CC1CCN(CCC(C2=CCCC=C2)C2CCCCC2)CC1. The zero-order chi connectivity index (χ0) is 15.2. The van der Waals surface area contributed by atoms with Crippen LogP contribution in [0.3, 0.4) is 0 Å². The van der Waals surface area contributed by atoms with E-state index in [4.69, 9.17) is 0 Å². The molecule has 1 saturated carbocycles. The van der Waals surface area contributed by atoms with Crippen LogP contribution in [0.5, 0.6) is 0 Å². The Morgan fingerprint density at radius 3 is 2.50 bits per heavy atom. The number of rotatable bonds is 5. The molecule has 1 heterocycles. The van der Waals surface area contributed by atoms with Gasteiger partial charge in [0.25, 0.3) is 0 Å². The molecular formula is C21H35N. The summed E-state index contributed by atoms with van der Waals surface area (Å²) in [6, 6.07) is 0. The standard InChI is InChI=1S/C21H35N/c1-18-12-15-22(16-13-18)17-14-21(19-8-4-2-5-9-19)20-10-6-3-7-11-20/h4,8-9,18,20-21H,2-3,5-7,10-17H2,1H3. The van der Waals surface area contributed by atoms with Crippen molar-refractivity contribution in [2.45, 2.75) is 71.1 Å². The van der Waals surface area contributed by atoms with E-state index >= 15 is 0 Å². The maximum Gasteiger partial charge on any atom is -0.00128 e. The van der Waals surface area contributed by atoms with Crippen molar-refractivity contribution in [2.24, 2.45) is 17.8 Å². The first-order valence-electron chi connectivity index (χ1n) is 9.92. The Morgan fingerprint density at radius 2 is 1.82 bits per heavy atom.